The average Bonchev–Trinajstić information content (AvgIpc) is 2.56. The van der Waals surface area contributed by atoms with E-state index in [1.165, 1.54) is 0 Å². The number of hydrogen-bond donors (Lipinski definition) is 1. The van der Waals surface area contributed by atoms with Gasteiger partial charge >= 0.3 is 13.1 Å². The summed E-state index contributed by atoms with van der Waals surface area (Å²) in [5.41, 5.74) is 1.03. The van der Waals surface area contributed by atoms with Gasteiger partial charge in [0.1, 0.15) is 0 Å². The number of rotatable bonds is 3. The summed E-state index contributed by atoms with van der Waals surface area (Å²) in [7, 11) is -0.391. The second kappa shape index (κ2) is 5.07. The smallest absolute Gasteiger partial charge is 0.478 e. The van der Waals surface area contributed by atoms with Crippen LogP contribution >= 0.6 is 0 Å². The largest absolute Gasteiger partial charge is 0.494 e. The van der Waals surface area contributed by atoms with Crippen LogP contribution in [0, 0.1) is 0 Å². The van der Waals surface area contributed by atoms with Crippen molar-refractivity contribution in [2.24, 2.45) is 0 Å². The van der Waals surface area contributed by atoms with Crippen LogP contribution in [0.4, 0.5) is 0 Å². The lowest BCUT2D eigenvalue weighted by Gasteiger charge is -2.32. The summed E-state index contributed by atoms with van der Waals surface area (Å²) in [5, 5.41) is 8.59. The SMILES string of the molecule is CC1(C)OB(c2ccc(/C=C/C(=O)O)cc2)OC1(C)C. The molecule has 0 aromatic heterocycles. The van der Waals surface area contributed by atoms with Crippen LogP contribution in [0.1, 0.15) is 33.3 Å². The van der Waals surface area contributed by atoms with Gasteiger partial charge in [-0.25, -0.2) is 4.79 Å². The monoisotopic (exact) mass is 274 g/mol. The van der Waals surface area contributed by atoms with E-state index in [9.17, 15) is 4.79 Å². The highest BCUT2D eigenvalue weighted by Crippen LogP contribution is 2.36. The highest BCUT2D eigenvalue weighted by molar-refractivity contribution is 6.62. The zero-order valence-electron chi connectivity index (χ0n) is 12.2. The molecule has 1 saturated heterocycles. The second-order valence-corrected chi connectivity index (χ2v) is 5.93. The minimum Gasteiger partial charge on any atom is -0.478 e. The molecule has 0 atom stereocenters. The molecular formula is C15H19BO4. The van der Waals surface area contributed by atoms with Gasteiger partial charge in [0.2, 0.25) is 0 Å². The Balaban J connectivity index is 2.14. The normalized spacial score (nSPS) is 20.5. The van der Waals surface area contributed by atoms with E-state index in [1.54, 1.807) is 6.08 Å². The lowest BCUT2D eigenvalue weighted by molar-refractivity contribution is -0.131. The number of benzene rings is 1. The topological polar surface area (TPSA) is 55.8 Å². The maximum absolute atomic E-state index is 10.5. The molecule has 1 N–H and O–H groups in total. The van der Waals surface area contributed by atoms with Crippen LogP contribution in [-0.2, 0) is 14.1 Å². The van der Waals surface area contributed by atoms with Gasteiger partial charge in [0.15, 0.2) is 0 Å². The van der Waals surface area contributed by atoms with Gasteiger partial charge in [0.05, 0.1) is 11.2 Å². The summed E-state index contributed by atoms with van der Waals surface area (Å²) >= 11 is 0. The molecule has 1 heterocycles. The minimum atomic E-state index is -0.958. The zero-order chi connectivity index (χ0) is 15.0. The van der Waals surface area contributed by atoms with Crippen molar-refractivity contribution in [3.8, 4) is 0 Å². The number of carboxylic acids is 1. The first kappa shape index (κ1) is 14.8. The molecule has 0 spiro atoms. The van der Waals surface area contributed by atoms with Gasteiger partial charge in [0, 0.05) is 6.08 Å². The lowest BCUT2D eigenvalue weighted by Crippen LogP contribution is -2.41. The molecule has 2 rings (SSSR count). The molecule has 0 bridgehead atoms. The van der Waals surface area contributed by atoms with Crippen LogP contribution in [0.25, 0.3) is 6.08 Å². The highest BCUT2D eigenvalue weighted by atomic mass is 16.7. The van der Waals surface area contributed by atoms with E-state index >= 15 is 0 Å². The predicted molar refractivity (Wildman–Crippen MR) is 78.8 cm³/mol. The Morgan fingerprint density at radius 3 is 2.05 bits per heavy atom. The van der Waals surface area contributed by atoms with Crippen molar-refractivity contribution in [3.05, 3.63) is 35.9 Å². The van der Waals surface area contributed by atoms with Gasteiger partial charge < -0.3 is 14.4 Å². The Morgan fingerprint density at radius 2 is 1.60 bits per heavy atom. The predicted octanol–water partition coefficient (Wildman–Crippen LogP) is 2.08. The molecule has 0 aliphatic carbocycles. The maximum Gasteiger partial charge on any atom is 0.494 e. The van der Waals surface area contributed by atoms with Crippen LogP contribution in [0.2, 0.25) is 0 Å². The highest BCUT2D eigenvalue weighted by Gasteiger charge is 2.51. The number of carboxylic acid groups (broad SMARTS) is 1. The van der Waals surface area contributed by atoms with E-state index in [2.05, 4.69) is 0 Å². The molecule has 1 aromatic rings. The van der Waals surface area contributed by atoms with Crippen molar-refractivity contribution in [1.82, 2.24) is 0 Å². The molecule has 106 valence electrons. The maximum atomic E-state index is 10.5. The molecule has 0 unspecified atom stereocenters. The van der Waals surface area contributed by atoms with Crippen LogP contribution in [-0.4, -0.2) is 29.4 Å². The minimum absolute atomic E-state index is 0.362. The standard InChI is InChI=1S/C15H19BO4/c1-14(2)15(3,4)20-16(19-14)12-8-5-11(6-9-12)7-10-13(17)18/h5-10H,1-4H3,(H,17,18)/b10-7+. The molecule has 0 radical (unpaired) electrons. The van der Waals surface area contributed by atoms with Crippen molar-refractivity contribution in [3.63, 3.8) is 0 Å². The Hall–Kier alpha value is -1.59. The Labute approximate surface area is 119 Å². The number of aliphatic carboxylic acids is 1. The number of hydrogen-bond acceptors (Lipinski definition) is 3. The van der Waals surface area contributed by atoms with E-state index in [0.717, 1.165) is 17.1 Å². The summed E-state index contributed by atoms with van der Waals surface area (Å²) in [6.07, 6.45) is 2.67. The van der Waals surface area contributed by atoms with Crippen molar-refractivity contribution in [2.45, 2.75) is 38.9 Å². The molecule has 1 fully saturated rings. The van der Waals surface area contributed by atoms with Crippen molar-refractivity contribution in [1.29, 1.82) is 0 Å². The lowest BCUT2D eigenvalue weighted by atomic mass is 9.79. The molecule has 1 aromatic carbocycles. The Bertz CT molecular complexity index is 515. The summed E-state index contributed by atoms with van der Waals surface area (Å²) < 4.78 is 11.9. The van der Waals surface area contributed by atoms with Crippen molar-refractivity contribution >= 4 is 24.6 Å². The second-order valence-electron chi connectivity index (χ2n) is 5.93. The van der Waals surface area contributed by atoms with E-state index in [-0.39, 0.29) is 11.2 Å². The van der Waals surface area contributed by atoms with Gasteiger partial charge in [-0.15, -0.1) is 0 Å². The molecule has 0 saturated carbocycles. The van der Waals surface area contributed by atoms with Gasteiger partial charge in [-0.1, -0.05) is 24.3 Å². The van der Waals surface area contributed by atoms with E-state index in [4.69, 9.17) is 14.4 Å². The van der Waals surface area contributed by atoms with Crippen LogP contribution in [0.3, 0.4) is 0 Å². The zero-order valence-corrected chi connectivity index (χ0v) is 12.2. The van der Waals surface area contributed by atoms with Crippen LogP contribution in [0.5, 0.6) is 0 Å². The molecule has 0 amide bonds. The van der Waals surface area contributed by atoms with Gasteiger partial charge in [-0.2, -0.15) is 0 Å². The molecule has 5 heteroatoms. The molecular weight excluding hydrogens is 255 g/mol. The average molecular weight is 274 g/mol. The van der Waals surface area contributed by atoms with E-state index in [0.29, 0.717) is 0 Å². The summed E-state index contributed by atoms with van der Waals surface area (Å²) in [5.74, 6) is -0.958. The Morgan fingerprint density at radius 1 is 1.10 bits per heavy atom. The van der Waals surface area contributed by atoms with Gasteiger partial charge in [-0.3, -0.25) is 0 Å². The summed E-state index contributed by atoms with van der Waals surface area (Å²) in [6.45, 7) is 8.04. The fourth-order valence-corrected chi connectivity index (χ4v) is 1.91. The van der Waals surface area contributed by atoms with Gasteiger partial charge in [0.25, 0.3) is 0 Å². The summed E-state index contributed by atoms with van der Waals surface area (Å²) in [6, 6.07) is 7.48. The first-order chi connectivity index (χ1) is 9.21. The Kier molecular flexibility index (Phi) is 3.76. The first-order valence-corrected chi connectivity index (χ1v) is 6.58. The quantitative estimate of drug-likeness (QED) is 0.677. The third-order valence-electron chi connectivity index (χ3n) is 3.88. The molecule has 20 heavy (non-hydrogen) atoms. The van der Waals surface area contributed by atoms with E-state index in [1.807, 2.05) is 52.0 Å². The fraction of sp³-hybridized carbons (Fsp3) is 0.400. The number of carbonyl (C=O) groups is 1. The third kappa shape index (κ3) is 2.94. The summed E-state index contributed by atoms with van der Waals surface area (Å²) in [4.78, 5) is 10.5. The molecule has 1 aliphatic heterocycles. The molecule has 1 aliphatic rings. The fourth-order valence-electron chi connectivity index (χ4n) is 1.91. The van der Waals surface area contributed by atoms with E-state index < -0.39 is 13.1 Å². The van der Waals surface area contributed by atoms with Crippen molar-refractivity contribution in [2.75, 3.05) is 0 Å². The van der Waals surface area contributed by atoms with Crippen molar-refractivity contribution < 1.29 is 19.2 Å². The van der Waals surface area contributed by atoms with Crippen LogP contribution in [0.15, 0.2) is 30.3 Å². The van der Waals surface area contributed by atoms with Gasteiger partial charge in [-0.05, 0) is 44.8 Å². The molecule has 4 nitrogen and oxygen atoms in total. The third-order valence-corrected chi connectivity index (χ3v) is 3.88. The van der Waals surface area contributed by atoms with Crippen LogP contribution < -0.4 is 5.46 Å². The first-order valence-electron chi connectivity index (χ1n) is 6.58.